The molecule has 21 heavy (non-hydrogen) atoms. The molecule has 1 unspecified atom stereocenters. The molecule has 1 aromatic carbocycles. The van der Waals surface area contributed by atoms with Crippen LogP contribution in [0.3, 0.4) is 0 Å². The molecular weight excluding hydrogens is 334 g/mol. The first kappa shape index (κ1) is 15.8. The second kappa shape index (κ2) is 6.45. The van der Waals surface area contributed by atoms with E-state index in [9.17, 15) is 5.11 Å². The Bertz CT molecular complexity index is 638. The van der Waals surface area contributed by atoms with Crippen molar-refractivity contribution in [2.75, 3.05) is 14.2 Å². The normalized spacial score (nSPS) is 12.1. The van der Waals surface area contributed by atoms with Gasteiger partial charge in [-0.1, -0.05) is 0 Å². The molecule has 5 heteroatoms. The van der Waals surface area contributed by atoms with Crippen LogP contribution in [0, 0.1) is 13.8 Å². The van der Waals surface area contributed by atoms with Crippen LogP contribution in [-0.2, 0) is 0 Å². The summed E-state index contributed by atoms with van der Waals surface area (Å²) in [6.07, 6.45) is -0.789. The number of aryl methyl sites for hydroxylation is 2. The molecule has 2 aromatic rings. The van der Waals surface area contributed by atoms with Gasteiger partial charge >= 0.3 is 0 Å². The number of ether oxygens (including phenoxy) is 2. The molecule has 0 aliphatic heterocycles. The Kier molecular flexibility index (Phi) is 4.85. The van der Waals surface area contributed by atoms with E-state index in [1.807, 2.05) is 26.0 Å². The average molecular weight is 352 g/mol. The molecule has 0 fully saturated rings. The van der Waals surface area contributed by atoms with Crippen LogP contribution in [0.25, 0.3) is 0 Å². The van der Waals surface area contributed by atoms with Crippen LogP contribution in [-0.4, -0.2) is 24.3 Å². The van der Waals surface area contributed by atoms with Crippen LogP contribution in [0.2, 0.25) is 0 Å². The highest BCUT2D eigenvalue weighted by Gasteiger charge is 2.20. The molecule has 0 saturated carbocycles. The third kappa shape index (κ3) is 3.19. The molecule has 0 saturated heterocycles. The molecule has 0 radical (unpaired) electrons. The Morgan fingerprint density at radius 3 is 2.24 bits per heavy atom. The fourth-order valence-corrected chi connectivity index (χ4v) is 3.02. The van der Waals surface area contributed by atoms with Crippen molar-refractivity contribution in [1.82, 2.24) is 4.98 Å². The van der Waals surface area contributed by atoms with Gasteiger partial charge in [0.05, 0.1) is 14.2 Å². The lowest BCUT2D eigenvalue weighted by atomic mass is 10.00. The van der Waals surface area contributed by atoms with Gasteiger partial charge in [-0.15, -0.1) is 0 Å². The Morgan fingerprint density at radius 2 is 1.71 bits per heavy atom. The summed E-state index contributed by atoms with van der Waals surface area (Å²) in [6, 6.07) is 7.34. The van der Waals surface area contributed by atoms with Crippen molar-refractivity contribution in [3.05, 3.63) is 51.3 Å². The first-order valence-electron chi connectivity index (χ1n) is 6.51. The van der Waals surface area contributed by atoms with E-state index in [1.165, 1.54) is 0 Å². The molecular formula is C16H18BrNO3. The Hall–Kier alpha value is -1.59. The lowest BCUT2D eigenvalue weighted by Crippen LogP contribution is -2.05. The van der Waals surface area contributed by atoms with Gasteiger partial charge in [-0.25, -0.2) is 0 Å². The molecule has 112 valence electrons. The smallest absolute Gasteiger partial charge is 0.142 e. The predicted octanol–water partition coefficient (Wildman–Crippen LogP) is 3.56. The molecule has 1 atom stereocenters. The zero-order valence-corrected chi connectivity index (χ0v) is 14.1. The maximum Gasteiger partial charge on any atom is 0.142 e. The quantitative estimate of drug-likeness (QED) is 0.914. The Balaban J connectivity index is 2.52. The van der Waals surface area contributed by atoms with Crippen LogP contribution in [0.15, 0.2) is 28.7 Å². The summed E-state index contributed by atoms with van der Waals surface area (Å²) in [4.78, 5) is 4.33. The number of aliphatic hydroxyl groups excluding tert-OH is 1. The highest BCUT2D eigenvalue weighted by molar-refractivity contribution is 9.10. The third-order valence-corrected chi connectivity index (χ3v) is 3.98. The van der Waals surface area contributed by atoms with Gasteiger partial charge in [0.2, 0.25) is 0 Å². The summed E-state index contributed by atoms with van der Waals surface area (Å²) >= 11 is 3.45. The number of hydrogen-bond acceptors (Lipinski definition) is 4. The number of benzene rings is 1. The van der Waals surface area contributed by atoms with Gasteiger partial charge in [-0.05, 0) is 59.6 Å². The van der Waals surface area contributed by atoms with Crippen molar-refractivity contribution in [1.29, 1.82) is 0 Å². The van der Waals surface area contributed by atoms with Crippen LogP contribution in [0.4, 0.5) is 0 Å². The molecule has 1 aromatic heterocycles. The molecule has 0 aliphatic rings. The number of pyridine rings is 1. The van der Waals surface area contributed by atoms with Gasteiger partial charge < -0.3 is 14.6 Å². The van der Waals surface area contributed by atoms with Crippen LogP contribution in [0.5, 0.6) is 11.5 Å². The van der Waals surface area contributed by atoms with E-state index in [0.717, 1.165) is 17.0 Å². The molecule has 0 spiro atoms. The maximum atomic E-state index is 10.7. The van der Waals surface area contributed by atoms with Gasteiger partial charge in [-0.3, -0.25) is 4.98 Å². The summed E-state index contributed by atoms with van der Waals surface area (Å²) in [5, 5.41) is 10.7. The Morgan fingerprint density at radius 1 is 1.10 bits per heavy atom. The number of hydrogen-bond donors (Lipinski definition) is 1. The zero-order valence-electron chi connectivity index (χ0n) is 12.5. The Labute approximate surface area is 132 Å². The number of nitrogens with zero attached hydrogens (tertiary/aromatic N) is 1. The van der Waals surface area contributed by atoms with E-state index >= 15 is 0 Å². The van der Waals surface area contributed by atoms with Gasteiger partial charge in [0.25, 0.3) is 0 Å². The van der Waals surface area contributed by atoms with Crippen molar-refractivity contribution < 1.29 is 14.6 Å². The zero-order chi connectivity index (χ0) is 15.6. The van der Waals surface area contributed by atoms with Crippen molar-refractivity contribution >= 4 is 15.9 Å². The summed E-state index contributed by atoms with van der Waals surface area (Å²) in [7, 11) is 3.16. The number of aliphatic hydroxyl groups is 1. The van der Waals surface area contributed by atoms with Crippen molar-refractivity contribution in [2.24, 2.45) is 0 Å². The number of methoxy groups -OCH3 is 2. The topological polar surface area (TPSA) is 51.6 Å². The van der Waals surface area contributed by atoms with Crippen LogP contribution < -0.4 is 9.47 Å². The monoisotopic (exact) mass is 351 g/mol. The number of aromatic nitrogens is 1. The van der Waals surface area contributed by atoms with Gasteiger partial charge in [0.15, 0.2) is 0 Å². The first-order chi connectivity index (χ1) is 9.97. The average Bonchev–Trinajstić information content (AvgIpc) is 2.45. The SMILES string of the molecule is COc1ccc(C(O)c2cc(C)nc(C)c2)c(OC)c1Br. The molecule has 0 bridgehead atoms. The lowest BCUT2D eigenvalue weighted by molar-refractivity contribution is 0.214. The summed E-state index contributed by atoms with van der Waals surface area (Å²) in [5.41, 5.74) is 3.21. The summed E-state index contributed by atoms with van der Waals surface area (Å²) in [5.74, 6) is 1.22. The second-order valence-electron chi connectivity index (χ2n) is 4.79. The highest BCUT2D eigenvalue weighted by Crippen LogP contribution is 2.41. The van der Waals surface area contributed by atoms with E-state index in [-0.39, 0.29) is 0 Å². The van der Waals surface area contributed by atoms with E-state index in [4.69, 9.17) is 9.47 Å². The minimum absolute atomic E-state index is 0.564. The summed E-state index contributed by atoms with van der Waals surface area (Å²) < 4.78 is 11.4. The van der Waals surface area contributed by atoms with Crippen molar-refractivity contribution in [2.45, 2.75) is 20.0 Å². The van der Waals surface area contributed by atoms with Crippen LogP contribution in [0.1, 0.15) is 28.6 Å². The van der Waals surface area contributed by atoms with E-state index < -0.39 is 6.10 Å². The third-order valence-electron chi connectivity index (χ3n) is 3.23. The van der Waals surface area contributed by atoms with Gasteiger partial charge in [0.1, 0.15) is 22.1 Å². The highest BCUT2D eigenvalue weighted by atomic mass is 79.9. The molecule has 4 nitrogen and oxygen atoms in total. The lowest BCUT2D eigenvalue weighted by Gasteiger charge is -2.18. The minimum atomic E-state index is -0.789. The number of halogens is 1. The standard InChI is InChI=1S/C16H18BrNO3/c1-9-7-11(8-10(2)18-9)15(19)12-5-6-13(20-3)14(17)16(12)21-4/h5-8,15,19H,1-4H3. The van der Waals surface area contributed by atoms with Crippen LogP contribution >= 0.6 is 15.9 Å². The second-order valence-corrected chi connectivity index (χ2v) is 5.58. The first-order valence-corrected chi connectivity index (χ1v) is 7.30. The van der Waals surface area contributed by atoms with Gasteiger partial charge in [-0.2, -0.15) is 0 Å². The van der Waals surface area contributed by atoms with E-state index in [0.29, 0.717) is 21.5 Å². The fourth-order valence-electron chi connectivity index (χ4n) is 2.34. The van der Waals surface area contributed by atoms with E-state index in [1.54, 1.807) is 26.4 Å². The largest absolute Gasteiger partial charge is 0.495 e. The molecule has 2 rings (SSSR count). The molecule has 0 amide bonds. The van der Waals surface area contributed by atoms with Crippen molar-refractivity contribution in [3.8, 4) is 11.5 Å². The molecule has 1 heterocycles. The minimum Gasteiger partial charge on any atom is -0.495 e. The van der Waals surface area contributed by atoms with Crippen molar-refractivity contribution in [3.63, 3.8) is 0 Å². The van der Waals surface area contributed by atoms with E-state index in [2.05, 4.69) is 20.9 Å². The molecule has 0 aliphatic carbocycles. The van der Waals surface area contributed by atoms with Gasteiger partial charge in [0, 0.05) is 17.0 Å². The number of rotatable bonds is 4. The molecule has 1 N–H and O–H groups in total. The predicted molar refractivity (Wildman–Crippen MR) is 85.0 cm³/mol. The fraction of sp³-hybridized carbons (Fsp3) is 0.312. The maximum absolute atomic E-state index is 10.7. The summed E-state index contributed by atoms with van der Waals surface area (Å²) in [6.45, 7) is 3.81.